The Labute approximate surface area is 102 Å². The molecule has 0 radical (unpaired) electrons. The SMILES string of the molecule is Cn1ccnc1CCNCCCn1ccnc1. The fourth-order valence-electron chi connectivity index (χ4n) is 1.77. The fraction of sp³-hybridized carbons (Fsp3) is 0.500. The molecule has 0 spiro atoms. The number of aromatic nitrogens is 4. The molecule has 5 nitrogen and oxygen atoms in total. The summed E-state index contributed by atoms with van der Waals surface area (Å²) in [7, 11) is 2.03. The monoisotopic (exact) mass is 233 g/mol. The number of imidazole rings is 2. The zero-order valence-corrected chi connectivity index (χ0v) is 10.2. The molecule has 0 atom stereocenters. The van der Waals surface area contributed by atoms with E-state index in [4.69, 9.17) is 0 Å². The van der Waals surface area contributed by atoms with Crippen molar-refractivity contribution in [3.8, 4) is 0 Å². The molecule has 2 rings (SSSR count). The third-order valence-corrected chi connectivity index (χ3v) is 2.78. The van der Waals surface area contributed by atoms with E-state index in [1.54, 1.807) is 0 Å². The van der Waals surface area contributed by atoms with Crippen LogP contribution in [0.4, 0.5) is 0 Å². The number of hydrogen-bond donors (Lipinski definition) is 1. The molecule has 1 N–H and O–H groups in total. The molecule has 0 amide bonds. The molecule has 0 aliphatic carbocycles. The zero-order valence-electron chi connectivity index (χ0n) is 10.2. The standard InChI is InChI=1S/C12H19N5/c1-16-9-7-15-12(16)3-5-13-4-2-8-17-10-6-14-11-17/h6-7,9-11,13H,2-5,8H2,1H3. The van der Waals surface area contributed by atoms with Crippen molar-refractivity contribution in [2.75, 3.05) is 13.1 Å². The Hall–Kier alpha value is -1.62. The van der Waals surface area contributed by atoms with Gasteiger partial charge in [-0.1, -0.05) is 0 Å². The second-order valence-electron chi connectivity index (χ2n) is 4.11. The van der Waals surface area contributed by atoms with Gasteiger partial charge < -0.3 is 14.5 Å². The van der Waals surface area contributed by atoms with E-state index in [1.165, 1.54) is 0 Å². The Kier molecular flexibility index (Phi) is 4.32. The normalized spacial score (nSPS) is 10.9. The lowest BCUT2D eigenvalue weighted by Gasteiger charge is -2.05. The lowest BCUT2D eigenvalue weighted by molar-refractivity contribution is 0.575. The van der Waals surface area contributed by atoms with E-state index in [2.05, 4.69) is 24.4 Å². The van der Waals surface area contributed by atoms with E-state index in [1.807, 2.05) is 38.2 Å². The second-order valence-corrected chi connectivity index (χ2v) is 4.11. The van der Waals surface area contributed by atoms with E-state index < -0.39 is 0 Å². The van der Waals surface area contributed by atoms with Crippen LogP contribution in [0.3, 0.4) is 0 Å². The molecule has 0 saturated heterocycles. The smallest absolute Gasteiger partial charge is 0.109 e. The van der Waals surface area contributed by atoms with Crippen LogP contribution in [-0.2, 0) is 20.0 Å². The molecule has 2 aromatic rings. The maximum atomic E-state index is 4.28. The first-order chi connectivity index (χ1) is 8.36. The molecule has 0 aliphatic rings. The van der Waals surface area contributed by atoms with Crippen molar-refractivity contribution in [1.29, 1.82) is 0 Å². The van der Waals surface area contributed by atoms with Crippen LogP contribution in [0.1, 0.15) is 12.2 Å². The summed E-state index contributed by atoms with van der Waals surface area (Å²) in [5.74, 6) is 1.13. The molecule has 92 valence electrons. The van der Waals surface area contributed by atoms with Gasteiger partial charge in [0, 0.05) is 51.3 Å². The molecule has 2 heterocycles. The zero-order chi connectivity index (χ0) is 11.9. The minimum Gasteiger partial charge on any atom is -0.338 e. The lowest BCUT2D eigenvalue weighted by atomic mass is 10.3. The Bertz CT molecular complexity index is 418. The van der Waals surface area contributed by atoms with Crippen LogP contribution in [0.15, 0.2) is 31.1 Å². The van der Waals surface area contributed by atoms with Crippen molar-refractivity contribution in [3.05, 3.63) is 36.9 Å². The van der Waals surface area contributed by atoms with Gasteiger partial charge in [0.1, 0.15) is 5.82 Å². The number of hydrogen-bond acceptors (Lipinski definition) is 3. The van der Waals surface area contributed by atoms with Crippen LogP contribution < -0.4 is 5.32 Å². The largest absolute Gasteiger partial charge is 0.338 e. The van der Waals surface area contributed by atoms with Crippen LogP contribution in [0.2, 0.25) is 0 Å². The lowest BCUT2D eigenvalue weighted by Crippen LogP contribution is -2.20. The number of aryl methyl sites for hydroxylation is 2. The molecule has 0 saturated carbocycles. The van der Waals surface area contributed by atoms with Gasteiger partial charge in [0.05, 0.1) is 6.33 Å². The molecule has 0 aromatic carbocycles. The summed E-state index contributed by atoms with van der Waals surface area (Å²) in [4.78, 5) is 8.30. The highest BCUT2D eigenvalue weighted by atomic mass is 15.0. The van der Waals surface area contributed by atoms with E-state index in [9.17, 15) is 0 Å². The highest BCUT2D eigenvalue weighted by Crippen LogP contribution is 1.94. The molecule has 2 aromatic heterocycles. The van der Waals surface area contributed by atoms with E-state index >= 15 is 0 Å². The van der Waals surface area contributed by atoms with Crippen LogP contribution in [-0.4, -0.2) is 32.2 Å². The first kappa shape index (κ1) is 11.9. The van der Waals surface area contributed by atoms with Gasteiger partial charge in [0.2, 0.25) is 0 Å². The minimum absolute atomic E-state index is 0.981. The molecule has 0 unspecified atom stereocenters. The molecular formula is C12H19N5. The predicted molar refractivity (Wildman–Crippen MR) is 66.6 cm³/mol. The highest BCUT2D eigenvalue weighted by Gasteiger charge is 1.97. The van der Waals surface area contributed by atoms with Gasteiger partial charge in [0.25, 0.3) is 0 Å². The van der Waals surface area contributed by atoms with Crippen LogP contribution >= 0.6 is 0 Å². The van der Waals surface area contributed by atoms with Crippen molar-refractivity contribution in [3.63, 3.8) is 0 Å². The predicted octanol–water partition coefficient (Wildman–Crippen LogP) is 0.839. The van der Waals surface area contributed by atoms with Gasteiger partial charge in [-0.25, -0.2) is 9.97 Å². The average molecular weight is 233 g/mol. The summed E-state index contributed by atoms with van der Waals surface area (Å²) in [5.41, 5.74) is 0. The topological polar surface area (TPSA) is 47.7 Å². The van der Waals surface area contributed by atoms with Crippen LogP contribution in [0, 0.1) is 0 Å². The molecular weight excluding hydrogens is 214 g/mol. The Morgan fingerprint density at radius 1 is 1.24 bits per heavy atom. The van der Waals surface area contributed by atoms with E-state index in [0.717, 1.165) is 38.3 Å². The highest BCUT2D eigenvalue weighted by molar-refractivity contribution is 4.91. The Morgan fingerprint density at radius 3 is 2.88 bits per heavy atom. The van der Waals surface area contributed by atoms with Gasteiger partial charge in [-0.3, -0.25) is 0 Å². The summed E-state index contributed by atoms with van der Waals surface area (Å²) >= 11 is 0. The third kappa shape index (κ3) is 3.71. The van der Waals surface area contributed by atoms with Crippen molar-refractivity contribution in [1.82, 2.24) is 24.4 Å². The van der Waals surface area contributed by atoms with Gasteiger partial charge in [-0.2, -0.15) is 0 Å². The summed E-state index contributed by atoms with van der Waals surface area (Å²) in [6.45, 7) is 3.03. The van der Waals surface area contributed by atoms with Crippen LogP contribution in [0.5, 0.6) is 0 Å². The van der Waals surface area contributed by atoms with E-state index in [-0.39, 0.29) is 0 Å². The Morgan fingerprint density at radius 2 is 2.18 bits per heavy atom. The summed E-state index contributed by atoms with van der Waals surface area (Å²) in [6, 6.07) is 0. The Balaban J connectivity index is 1.54. The first-order valence-electron chi connectivity index (χ1n) is 5.99. The summed E-state index contributed by atoms with van der Waals surface area (Å²) < 4.78 is 4.16. The molecule has 17 heavy (non-hydrogen) atoms. The quantitative estimate of drug-likeness (QED) is 0.721. The van der Waals surface area contributed by atoms with Gasteiger partial charge >= 0.3 is 0 Å². The van der Waals surface area contributed by atoms with Gasteiger partial charge in [-0.15, -0.1) is 0 Å². The van der Waals surface area contributed by atoms with Crippen LogP contribution in [0.25, 0.3) is 0 Å². The number of nitrogens with zero attached hydrogens (tertiary/aromatic N) is 4. The number of rotatable bonds is 7. The molecule has 0 bridgehead atoms. The maximum Gasteiger partial charge on any atom is 0.109 e. The minimum atomic E-state index is 0.981. The molecule has 0 aliphatic heterocycles. The van der Waals surface area contributed by atoms with E-state index in [0.29, 0.717) is 0 Å². The van der Waals surface area contributed by atoms with Crippen molar-refractivity contribution >= 4 is 0 Å². The first-order valence-corrected chi connectivity index (χ1v) is 5.99. The average Bonchev–Trinajstić information content (AvgIpc) is 2.95. The molecule has 0 fully saturated rings. The molecule has 5 heteroatoms. The number of nitrogens with one attached hydrogen (secondary N) is 1. The maximum absolute atomic E-state index is 4.28. The summed E-state index contributed by atoms with van der Waals surface area (Å²) in [5, 5.41) is 3.43. The van der Waals surface area contributed by atoms with Gasteiger partial charge in [0.15, 0.2) is 0 Å². The third-order valence-electron chi connectivity index (χ3n) is 2.78. The van der Waals surface area contributed by atoms with Crippen molar-refractivity contribution in [2.24, 2.45) is 7.05 Å². The van der Waals surface area contributed by atoms with Gasteiger partial charge in [-0.05, 0) is 13.0 Å². The van der Waals surface area contributed by atoms with Crippen molar-refractivity contribution < 1.29 is 0 Å². The summed E-state index contributed by atoms with van der Waals surface area (Å²) in [6.07, 6.45) is 11.6. The van der Waals surface area contributed by atoms with Crippen molar-refractivity contribution in [2.45, 2.75) is 19.4 Å². The second kappa shape index (κ2) is 6.20. The fourth-order valence-corrected chi connectivity index (χ4v) is 1.77.